The molecule has 0 bridgehead atoms. The lowest BCUT2D eigenvalue weighted by molar-refractivity contribution is -0.208. The minimum Gasteiger partial charge on any atom is -0.378 e. The zero-order valence-electron chi connectivity index (χ0n) is 22.9. The van der Waals surface area contributed by atoms with Gasteiger partial charge in [0.1, 0.15) is 6.17 Å². The molecule has 0 spiro atoms. The summed E-state index contributed by atoms with van der Waals surface area (Å²) in [6.07, 6.45) is 7.47. The van der Waals surface area contributed by atoms with Gasteiger partial charge in [0.25, 0.3) is 5.91 Å². The van der Waals surface area contributed by atoms with E-state index in [1.807, 2.05) is 6.20 Å². The maximum absolute atomic E-state index is 15.9. The first-order chi connectivity index (χ1) is 18.4. The summed E-state index contributed by atoms with van der Waals surface area (Å²) in [5.41, 5.74) is 0.234. The third-order valence-corrected chi connectivity index (χ3v) is 10.1. The summed E-state index contributed by atoms with van der Waals surface area (Å²) < 4.78 is 28.1. The standard InChI is InChI=1S/C29H45FN4O4/c1-17(2)31-7-8-32-25-22(30)15-20-26-28(25)38-24-14-19-6-4-3-5-18(19)13-23(24)34(26)16-21(27(20)35)29(36)33-9-11-37-12-10-33/h16-20,22-26,28,31-32H,3-15H2,1-2H3. The molecule has 212 valence electrons. The van der Waals surface area contributed by atoms with E-state index in [9.17, 15) is 9.59 Å². The van der Waals surface area contributed by atoms with Crippen molar-refractivity contribution in [2.45, 2.75) is 101 Å². The molecule has 6 rings (SSSR count). The van der Waals surface area contributed by atoms with Gasteiger partial charge in [-0.25, -0.2) is 4.39 Å². The summed E-state index contributed by atoms with van der Waals surface area (Å²) in [4.78, 5) is 31.4. The number of ketones is 1. The van der Waals surface area contributed by atoms with Gasteiger partial charge in [-0.2, -0.15) is 0 Å². The number of halogens is 1. The number of carbonyl (C=O) groups excluding carboxylic acids is 2. The van der Waals surface area contributed by atoms with Gasteiger partial charge in [-0.05, 0) is 31.1 Å². The third kappa shape index (κ3) is 4.93. The number of ether oxygens (including phenoxy) is 2. The van der Waals surface area contributed by atoms with Crippen molar-refractivity contribution in [3.05, 3.63) is 11.8 Å². The molecule has 2 saturated heterocycles. The summed E-state index contributed by atoms with van der Waals surface area (Å²) in [6.45, 7) is 7.53. The van der Waals surface area contributed by atoms with E-state index in [2.05, 4.69) is 29.4 Å². The van der Waals surface area contributed by atoms with E-state index in [0.717, 1.165) is 19.4 Å². The summed E-state index contributed by atoms with van der Waals surface area (Å²) in [6, 6.07) is -0.189. The van der Waals surface area contributed by atoms with Gasteiger partial charge in [0, 0.05) is 44.3 Å². The molecule has 2 N–H and O–H groups in total. The van der Waals surface area contributed by atoms with E-state index in [1.165, 1.54) is 25.7 Å². The molecule has 0 aromatic heterocycles. The topological polar surface area (TPSA) is 83.1 Å². The highest BCUT2D eigenvalue weighted by Gasteiger charge is 2.59. The molecule has 3 saturated carbocycles. The van der Waals surface area contributed by atoms with Gasteiger partial charge < -0.3 is 29.9 Å². The van der Waals surface area contributed by atoms with Crippen LogP contribution in [0.1, 0.15) is 58.8 Å². The van der Waals surface area contributed by atoms with Crippen LogP contribution in [-0.4, -0.2) is 103 Å². The molecule has 0 radical (unpaired) electrons. The van der Waals surface area contributed by atoms with Gasteiger partial charge in [0.2, 0.25) is 0 Å². The molecule has 0 aromatic carbocycles. The number of hydrogen-bond acceptors (Lipinski definition) is 7. The van der Waals surface area contributed by atoms with Crippen molar-refractivity contribution in [3.8, 4) is 0 Å². The zero-order chi connectivity index (χ0) is 26.4. The second kappa shape index (κ2) is 11.1. The van der Waals surface area contributed by atoms with E-state index >= 15 is 4.39 Å². The molecule has 5 fully saturated rings. The second-order valence-electron chi connectivity index (χ2n) is 12.7. The van der Waals surface area contributed by atoms with Crippen molar-refractivity contribution in [3.63, 3.8) is 0 Å². The molecule has 38 heavy (non-hydrogen) atoms. The minimum atomic E-state index is -1.20. The van der Waals surface area contributed by atoms with Crippen molar-refractivity contribution in [2.75, 3.05) is 39.4 Å². The van der Waals surface area contributed by atoms with Crippen molar-refractivity contribution in [1.29, 1.82) is 0 Å². The molecule has 3 heterocycles. The van der Waals surface area contributed by atoms with Crippen LogP contribution >= 0.6 is 0 Å². The van der Waals surface area contributed by atoms with E-state index in [4.69, 9.17) is 9.47 Å². The van der Waals surface area contributed by atoms with Gasteiger partial charge in [-0.15, -0.1) is 0 Å². The maximum Gasteiger partial charge on any atom is 0.259 e. The van der Waals surface area contributed by atoms with Crippen LogP contribution in [0.3, 0.4) is 0 Å². The Bertz CT molecular complexity index is 924. The summed E-state index contributed by atoms with van der Waals surface area (Å²) in [7, 11) is 0. The maximum atomic E-state index is 15.9. The molecule has 6 aliphatic rings. The van der Waals surface area contributed by atoms with Gasteiger partial charge in [-0.3, -0.25) is 9.59 Å². The number of hydrogen-bond donors (Lipinski definition) is 2. The molecule has 1 amide bonds. The SMILES string of the molecule is CC(C)NCCNC1C(F)CC2C(=O)C(C(=O)N3CCOCC3)=CN3C4CC5CCCCC5CC4OC1C23. The molecule has 3 aliphatic heterocycles. The Labute approximate surface area is 226 Å². The van der Waals surface area contributed by atoms with Gasteiger partial charge in [0.05, 0.1) is 49.1 Å². The van der Waals surface area contributed by atoms with Crippen LogP contribution in [0.4, 0.5) is 4.39 Å². The Balaban J connectivity index is 1.31. The minimum absolute atomic E-state index is 0.00355. The predicted molar refractivity (Wildman–Crippen MR) is 141 cm³/mol. The number of fused-ring (bicyclic) bond motifs is 3. The monoisotopic (exact) mass is 532 g/mol. The normalized spacial score (nSPS) is 40.8. The number of carbonyl (C=O) groups is 2. The third-order valence-electron chi connectivity index (χ3n) is 10.1. The number of alkyl halides is 1. The Morgan fingerprint density at radius 1 is 1.11 bits per heavy atom. The van der Waals surface area contributed by atoms with Gasteiger partial charge >= 0.3 is 0 Å². The molecule has 9 unspecified atom stereocenters. The lowest BCUT2D eigenvalue weighted by Gasteiger charge is -2.61. The molecule has 3 aliphatic carbocycles. The Morgan fingerprint density at radius 3 is 2.58 bits per heavy atom. The fourth-order valence-electron chi connectivity index (χ4n) is 8.22. The Kier molecular flexibility index (Phi) is 7.82. The van der Waals surface area contributed by atoms with Crippen molar-refractivity contribution in [2.24, 2.45) is 17.8 Å². The fraction of sp³-hybridized carbons (Fsp3) is 0.862. The quantitative estimate of drug-likeness (QED) is 0.400. The highest BCUT2D eigenvalue weighted by molar-refractivity contribution is 6.20. The van der Waals surface area contributed by atoms with Crippen LogP contribution in [-0.2, 0) is 19.1 Å². The van der Waals surface area contributed by atoms with Crippen LogP contribution in [0.5, 0.6) is 0 Å². The van der Waals surface area contributed by atoms with Crippen molar-refractivity contribution < 1.29 is 23.5 Å². The fourth-order valence-corrected chi connectivity index (χ4v) is 8.22. The number of amides is 1. The zero-order valence-corrected chi connectivity index (χ0v) is 22.9. The molecule has 8 nitrogen and oxygen atoms in total. The number of Topliss-reactive ketones (excluding diaryl/α,β-unsaturated/α-hetero) is 1. The van der Waals surface area contributed by atoms with Crippen molar-refractivity contribution >= 4 is 11.7 Å². The Hall–Kier alpha value is -1.55. The van der Waals surface area contributed by atoms with Gasteiger partial charge in [0.15, 0.2) is 5.78 Å². The summed E-state index contributed by atoms with van der Waals surface area (Å²) >= 11 is 0. The van der Waals surface area contributed by atoms with E-state index in [1.54, 1.807) is 4.90 Å². The summed E-state index contributed by atoms with van der Waals surface area (Å²) in [5.74, 6) is 0.342. The highest BCUT2D eigenvalue weighted by Crippen LogP contribution is 2.50. The number of rotatable bonds is 6. The highest BCUT2D eigenvalue weighted by atomic mass is 19.1. The van der Waals surface area contributed by atoms with Crippen LogP contribution in [0.25, 0.3) is 0 Å². The summed E-state index contributed by atoms with van der Waals surface area (Å²) in [5, 5.41) is 6.85. The van der Waals surface area contributed by atoms with Crippen LogP contribution in [0.2, 0.25) is 0 Å². The average molecular weight is 533 g/mol. The van der Waals surface area contributed by atoms with E-state index < -0.39 is 24.2 Å². The average Bonchev–Trinajstić information content (AvgIpc) is 2.92. The molecular formula is C29H45FN4O4. The van der Waals surface area contributed by atoms with Crippen LogP contribution in [0.15, 0.2) is 11.8 Å². The van der Waals surface area contributed by atoms with Crippen molar-refractivity contribution in [1.82, 2.24) is 20.4 Å². The number of morpholine rings is 2. The van der Waals surface area contributed by atoms with Crippen LogP contribution in [0, 0.1) is 17.8 Å². The van der Waals surface area contributed by atoms with E-state index in [-0.39, 0.29) is 41.9 Å². The number of nitrogens with zero attached hydrogens (tertiary/aromatic N) is 2. The Morgan fingerprint density at radius 2 is 1.84 bits per heavy atom. The number of nitrogens with one attached hydrogen (secondary N) is 2. The second-order valence-corrected chi connectivity index (χ2v) is 12.7. The molecule has 9 heteroatoms. The van der Waals surface area contributed by atoms with E-state index in [0.29, 0.717) is 50.7 Å². The largest absolute Gasteiger partial charge is 0.378 e. The first-order valence-corrected chi connectivity index (χ1v) is 15.1. The first-order valence-electron chi connectivity index (χ1n) is 15.1. The van der Waals surface area contributed by atoms with Gasteiger partial charge in [-0.1, -0.05) is 39.5 Å². The first kappa shape index (κ1) is 26.7. The molecule has 9 atom stereocenters. The molecular weight excluding hydrogens is 487 g/mol. The predicted octanol–water partition coefficient (Wildman–Crippen LogP) is 2.03. The molecule has 0 aromatic rings. The smallest absolute Gasteiger partial charge is 0.259 e. The lowest BCUT2D eigenvalue weighted by Crippen LogP contribution is -2.73. The lowest BCUT2D eigenvalue weighted by atomic mass is 9.65. The van der Waals surface area contributed by atoms with Crippen LogP contribution < -0.4 is 10.6 Å².